The van der Waals surface area contributed by atoms with Crippen LogP contribution in [0.5, 0.6) is 0 Å². The summed E-state index contributed by atoms with van der Waals surface area (Å²) in [5.74, 6) is 0.370. The molecule has 2 aromatic rings. The molecule has 1 fully saturated rings. The van der Waals surface area contributed by atoms with Gasteiger partial charge in [-0.05, 0) is 72.7 Å². The van der Waals surface area contributed by atoms with Crippen LogP contribution in [-0.4, -0.2) is 29.3 Å². The summed E-state index contributed by atoms with van der Waals surface area (Å²) in [6, 6.07) is 13.6. The zero-order valence-corrected chi connectivity index (χ0v) is 15.5. The largest absolute Gasteiger partial charge is 0.379 e. The zero-order chi connectivity index (χ0) is 18.3. The topological polar surface area (TPSA) is 23.5 Å². The van der Waals surface area contributed by atoms with Crippen molar-refractivity contribution < 1.29 is 9.50 Å². The Bertz CT molecular complexity index is 922. The Morgan fingerprint density at radius 2 is 1.73 bits per heavy atom. The van der Waals surface area contributed by atoms with Gasteiger partial charge in [0.25, 0.3) is 0 Å². The van der Waals surface area contributed by atoms with Crippen LogP contribution in [-0.2, 0) is 0 Å². The molecule has 0 spiro atoms. The summed E-state index contributed by atoms with van der Waals surface area (Å²) in [6.45, 7) is 5.88. The van der Waals surface area contributed by atoms with Crippen LogP contribution in [0.1, 0.15) is 37.3 Å². The molecule has 1 unspecified atom stereocenters. The lowest BCUT2D eigenvalue weighted by Gasteiger charge is -2.34. The maximum atomic E-state index is 13.4. The molecule has 1 N–H and O–H groups in total. The zero-order valence-electron chi connectivity index (χ0n) is 15.5. The number of benzene rings is 2. The van der Waals surface area contributed by atoms with E-state index in [9.17, 15) is 9.50 Å². The summed E-state index contributed by atoms with van der Waals surface area (Å²) in [6.07, 6.45) is 2.76. The van der Waals surface area contributed by atoms with Crippen LogP contribution in [0.15, 0.2) is 42.5 Å². The van der Waals surface area contributed by atoms with Crippen LogP contribution in [0, 0.1) is 18.7 Å². The fourth-order valence-corrected chi connectivity index (χ4v) is 4.46. The van der Waals surface area contributed by atoms with E-state index in [0.29, 0.717) is 5.92 Å². The van der Waals surface area contributed by atoms with Crippen LogP contribution < -0.4 is 10.4 Å². The average molecular weight is 351 g/mol. The first-order valence-electron chi connectivity index (χ1n) is 9.54. The lowest BCUT2D eigenvalue weighted by atomic mass is 9.86. The number of nitrogens with zero attached hydrogens (tertiary/aromatic N) is 1. The summed E-state index contributed by atoms with van der Waals surface area (Å²) in [4.78, 5) is 2.15. The van der Waals surface area contributed by atoms with Gasteiger partial charge in [-0.15, -0.1) is 0 Å². The van der Waals surface area contributed by atoms with Gasteiger partial charge in [0.15, 0.2) is 0 Å². The van der Waals surface area contributed by atoms with Gasteiger partial charge >= 0.3 is 0 Å². The van der Waals surface area contributed by atoms with Crippen LogP contribution in [0.2, 0.25) is 0 Å². The Labute approximate surface area is 154 Å². The molecule has 2 aliphatic rings. The number of aliphatic hydroxyl groups excluding tert-OH is 1. The highest BCUT2D eigenvalue weighted by atomic mass is 19.1. The molecule has 136 valence electrons. The van der Waals surface area contributed by atoms with Gasteiger partial charge in [-0.1, -0.05) is 41.5 Å². The Morgan fingerprint density at radius 3 is 2.38 bits per heavy atom. The van der Waals surface area contributed by atoms with Crippen molar-refractivity contribution in [2.24, 2.45) is 5.92 Å². The van der Waals surface area contributed by atoms with E-state index in [-0.39, 0.29) is 12.0 Å². The maximum Gasteiger partial charge on any atom is 0.123 e. The lowest BCUT2D eigenvalue weighted by molar-refractivity contribution is 0.00125. The highest BCUT2D eigenvalue weighted by molar-refractivity contribution is 5.78. The van der Waals surface area contributed by atoms with Crippen molar-refractivity contribution in [2.75, 3.05) is 13.1 Å². The number of rotatable bonds is 3. The van der Waals surface area contributed by atoms with Crippen molar-refractivity contribution >= 4 is 11.1 Å². The summed E-state index contributed by atoms with van der Waals surface area (Å²) >= 11 is 0. The second-order valence-corrected chi connectivity index (χ2v) is 7.68. The van der Waals surface area contributed by atoms with E-state index < -0.39 is 0 Å². The molecule has 1 saturated heterocycles. The molecule has 1 heterocycles. The van der Waals surface area contributed by atoms with Gasteiger partial charge in [0.05, 0.1) is 0 Å². The van der Waals surface area contributed by atoms with Gasteiger partial charge in [0.1, 0.15) is 12.0 Å². The Morgan fingerprint density at radius 1 is 1.04 bits per heavy atom. The molecular weight excluding hydrogens is 325 g/mol. The van der Waals surface area contributed by atoms with Crippen molar-refractivity contribution in [3.8, 4) is 0 Å². The summed E-state index contributed by atoms with van der Waals surface area (Å²) in [7, 11) is 0. The predicted octanol–water partition coefficient (Wildman–Crippen LogP) is 2.94. The van der Waals surface area contributed by atoms with Crippen molar-refractivity contribution in [3.05, 3.63) is 69.8 Å². The number of aliphatic hydroxyl groups is 1. The second kappa shape index (κ2) is 6.98. The summed E-state index contributed by atoms with van der Waals surface area (Å²) in [5, 5.41) is 12.5. The third-order valence-electron chi connectivity index (χ3n) is 5.96. The van der Waals surface area contributed by atoms with Crippen LogP contribution >= 0.6 is 0 Å². The number of halogens is 1. The normalized spacial score (nSPS) is 19.7. The SMILES string of the molecule is Cc1ccc2c(c1)=C(C1CCN(C(C)O)CC1)CC=2c1ccc(F)cc1. The highest BCUT2D eigenvalue weighted by Crippen LogP contribution is 2.33. The molecule has 0 amide bonds. The highest BCUT2D eigenvalue weighted by Gasteiger charge is 2.27. The van der Waals surface area contributed by atoms with Gasteiger partial charge < -0.3 is 5.11 Å². The number of aryl methyl sites for hydroxylation is 1. The van der Waals surface area contributed by atoms with E-state index in [1.807, 2.05) is 19.1 Å². The van der Waals surface area contributed by atoms with Gasteiger partial charge in [-0.2, -0.15) is 0 Å². The molecule has 0 radical (unpaired) electrons. The van der Waals surface area contributed by atoms with E-state index in [1.54, 1.807) is 12.1 Å². The molecule has 1 aliphatic heterocycles. The minimum Gasteiger partial charge on any atom is -0.379 e. The number of piperidine rings is 1. The van der Waals surface area contributed by atoms with Crippen molar-refractivity contribution in [1.82, 2.24) is 4.90 Å². The molecular formula is C23H26FNO. The number of hydrogen-bond donors (Lipinski definition) is 1. The summed E-state index contributed by atoms with van der Waals surface area (Å²) in [5.41, 5.74) is 5.23. The molecule has 0 saturated carbocycles. The van der Waals surface area contributed by atoms with Crippen molar-refractivity contribution in [3.63, 3.8) is 0 Å². The first-order valence-corrected chi connectivity index (χ1v) is 9.54. The fourth-order valence-electron chi connectivity index (χ4n) is 4.46. The number of likely N-dealkylation sites (tertiary alicyclic amines) is 1. The third-order valence-corrected chi connectivity index (χ3v) is 5.96. The maximum absolute atomic E-state index is 13.4. The molecule has 0 aromatic heterocycles. The Kier molecular flexibility index (Phi) is 4.68. The monoisotopic (exact) mass is 351 g/mol. The van der Waals surface area contributed by atoms with Crippen LogP contribution in [0.4, 0.5) is 4.39 Å². The van der Waals surface area contributed by atoms with Gasteiger partial charge in [-0.25, -0.2) is 4.39 Å². The molecule has 0 bridgehead atoms. The molecule has 1 aliphatic carbocycles. The van der Waals surface area contributed by atoms with Gasteiger partial charge in [0.2, 0.25) is 0 Å². The number of fused-ring (bicyclic) bond motifs is 1. The van der Waals surface area contributed by atoms with E-state index in [4.69, 9.17) is 0 Å². The Balaban J connectivity index is 1.74. The van der Waals surface area contributed by atoms with Crippen molar-refractivity contribution in [2.45, 2.75) is 39.3 Å². The van der Waals surface area contributed by atoms with E-state index in [0.717, 1.165) is 37.9 Å². The molecule has 3 heteroatoms. The quantitative estimate of drug-likeness (QED) is 0.919. The first kappa shape index (κ1) is 17.4. The molecule has 4 rings (SSSR count). The average Bonchev–Trinajstić information content (AvgIpc) is 3.01. The first-order chi connectivity index (χ1) is 12.5. The predicted molar refractivity (Wildman–Crippen MR) is 103 cm³/mol. The third kappa shape index (κ3) is 3.22. The molecule has 26 heavy (non-hydrogen) atoms. The van der Waals surface area contributed by atoms with Crippen molar-refractivity contribution in [1.29, 1.82) is 0 Å². The van der Waals surface area contributed by atoms with Crippen LogP contribution in [0.3, 0.4) is 0 Å². The smallest absolute Gasteiger partial charge is 0.123 e. The Hall–Kier alpha value is -1.97. The van der Waals surface area contributed by atoms with Gasteiger partial charge in [-0.3, -0.25) is 4.90 Å². The van der Waals surface area contributed by atoms with E-state index in [2.05, 4.69) is 30.0 Å². The second-order valence-electron chi connectivity index (χ2n) is 7.68. The van der Waals surface area contributed by atoms with Gasteiger partial charge in [0, 0.05) is 13.1 Å². The number of hydrogen-bond acceptors (Lipinski definition) is 2. The minimum absolute atomic E-state index is 0.189. The fraction of sp³-hybridized carbons (Fsp3) is 0.391. The van der Waals surface area contributed by atoms with E-state index >= 15 is 0 Å². The minimum atomic E-state index is -0.361. The molecule has 1 atom stereocenters. The molecule has 2 aromatic carbocycles. The summed E-state index contributed by atoms with van der Waals surface area (Å²) < 4.78 is 13.4. The lowest BCUT2D eigenvalue weighted by Crippen LogP contribution is -2.40. The molecule has 2 nitrogen and oxygen atoms in total. The standard InChI is InChI=1S/C23H26FNO/c1-15-3-8-20-21(17-4-6-19(24)7-5-17)14-22(23(20)13-15)18-9-11-25(12-10-18)16(2)26/h3-8,13,16,18,26H,9-12,14H2,1-2H3. The van der Waals surface area contributed by atoms with E-state index in [1.165, 1.54) is 27.1 Å². The van der Waals surface area contributed by atoms with Crippen LogP contribution in [0.25, 0.3) is 11.1 Å².